The zero-order valence-electron chi connectivity index (χ0n) is 16.2. The van der Waals surface area contributed by atoms with Crippen molar-refractivity contribution in [1.29, 1.82) is 0 Å². The first-order valence-corrected chi connectivity index (χ1v) is 11.4. The molecule has 1 heterocycles. The van der Waals surface area contributed by atoms with E-state index in [1.807, 2.05) is 42.5 Å². The molecule has 4 rings (SSSR count). The van der Waals surface area contributed by atoms with Crippen molar-refractivity contribution in [2.24, 2.45) is 0 Å². The van der Waals surface area contributed by atoms with Gasteiger partial charge in [-0.2, -0.15) is 0 Å². The van der Waals surface area contributed by atoms with E-state index in [4.69, 9.17) is 4.74 Å². The normalized spacial score (nSPS) is 17.9. The standard InChI is InChI=1S/C23H23NO4S/c1-28-21-10-5-8-18(14-21)23(25)24(20-12-13-29(26,27)16-20)15-19-9-4-7-17-6-2-3-11-22(17)19/h2-11,14,20H,12-13,15-16H2,1H3. The van der Waals surface area contributed by atoms with Gasteiger partial charge in [0.25, 0.3) is 5.91 Å². The molecular weight excluding hydrogens is 386 g/mol. The maximum absolute atomic E-state index is 13.4. The van der Waals surface area contributed by atoms with E-state index in [2.05, 4.69) is 0 Å². The Morgan fingerprint density at radius 2 is 1.83 bits per heavy atom. The van der Waals surface area contributed by atoms with Crippen LogP contribution in [0.15, 0.2) is 66.7 Å². The minimum atomic E-state index is -3.12. The summed E-state index contributed by atoms with van der Waals surface area (Å²) in [4.78, 5) is 15.1. The number of ether oxygens (including phenoxy) is 1. The van der Waals surface area contributed by atoms with Gasteiger partial charge in [0.05, 0.1) is 18.6 Å². The van der Waals surface area contributed by atoms with Crippen LogP contribution in [0.4, 0.5) is 0 Å². The zero-order valence-corrected chi connectivity index (χ0v) is 17.1. The third-order valence-electron chi connectivity index (χ3n) is 5.45. The molecule has 5 nitrogen and oxygen atoms in total. The van der Waals surface area contributed by atoms with E-state index >= 15 is 0 Å². The number of benzene rings is 3. The second kappa shape index (κ2) is 7.87. The van der Waals surface area contributed by atoms with Crippen molar-refractivity contribution in [1.82, 2.24) is 4.90 Å². The lowest BCUT2D eigenvalue weighted by molar-refractivity contribution is 0.0681. The molecule has 0 aliphatic carbocycles. The molecule has 150 valence electrons. The van der Waals surface area contributed by atoms with Crippen molar-refractivity contribution in [3.8, 4) is 5.75 Å². The van der Waals surface area contributed by atoms with Crippen LogP contribution in [0.25, 0.3) is 10.8 Å². The van der Waals surface area contributed by atoms with E-state index in [9.17, 15) is 13.2 Å². The Labute approximate surface area is 170 Å². The van der Waals surface area contributed by atoms with Crippen LogP contribution in [0.3, 0.4) is 0 Å². The number of carbonyl (C=O) groups is 1. The fraction of sp³-hybridized carbons (Fsp3) is 0.261. The second-order valence-corrected chi connectivity index (χ2v) is 9.59. The Bertz CT molecular complexity index is 1150. The summed E-state index contributed by atoms with van der Waals surface area (Å²) in [6.45, 7) is 0.359. The Morgan fingerprint density at radius 3 is 2.59 bits per heavy atom. The highest BCUT2D eigenvalue weighted by molar-refractivity contribution is 7.91. The molecule has 1 atom stereocenters. The van der Waals surface area contributed by atoms with Gasteiger partial charge in [-0.25, -0.2) is 8.42 Å². The number of amides is 1. The largest absolute Gasteiger partial charge is 0.497 e. The Morgan fingerprint density at radius 1 is 1.07 bits per heavy atom. The van der Waals surface area contributed by atoms with Gasteiger partial charge in [0.2, 0.25) is 0 Å². The molecule has 1 unspecified atom stereocenters. The smallest absolute Gasteiger partial charge is 0.254 e. The van der Waals surface area contributed by atoms with Gasteiger partial charge in [0.1, 0.15) is 5.75 Å². The number of sulfone groups is 1. The maximum atomic E-state index is 13.4. The number of hydrogen-bond donors (Lipinski definition) is 0. The van der Waals surface area contributed by atoms with Crippen LogP contribution in [-0.4, -0.2) is 43.9 Å². The zero-order chi connectivity index (χ0) is 20.4. The van der Waals surface area contributed by atoms with Crippen molar-refractivity contribution < 1.29 is 17.9 Å². The number of fused-ring (bicyclic) bond motifs is 1. The lowest BCUT2D eigenvalue weighted by Gasteiger charge is -2.29. The molecule has 0 radical (unpaired) electrons. The highest BCUT2D eigenvalue weighted by Gasteiger charge is 2.35. The van der Waals surface area contributed by atoms with Crippen molar-refractivity contribution in [3.05, 3.63) is 77.9 Å². The van der Waals surface area contributed by atoms with Crippen LogP contribution in [0.2, 0.25) is 0 Å². The van der Waals surface area contributed by atoms with Crippen LogP contribution in [-0.2, 0) is 16.4 Å². The lowest BCUT2D eigenvalue weighted by Crippen LogP contribution is -2.40. The van der Waals surface area contributed by atoms with Gasteiger partial charge in [0, 0.05) is 18.2 Å². The quantitative estimate of drug-likeness (QED) is 0.645. The Hall–Kier alpha value is -2.86. The monoisotopic (exact) mass is 409 g/mol. The van der Waals surface area contributed by atoms with Gasteiger partial charge >= 0.3 is 0 Å². The molecule has 0 N–H and O–H groups in total. The van der Waals surface area contributed by atoms with Crippen LogP contribution in [0.5, 0.6) is 5.75 Å². The maximum Gasteiger partial charge on any atom is 0.254 e. The molecule has 6 heteroatoms. The fourth-order valence-electron chi connectivity index (χ4n) is 3.92. The summed E-state index contributed by atoms with van der Waals surface area (Å²) in [6.07, 6.45) is 0.461. The summed E-state index contributed by atoms with van der Waals surface area (Å²) >= 11 is 0. The van der Waals surface area contributed by atoms with E-state index in [1.54, 1.807) is 36.3 Å². The predicted molar refractivity (Wildman–Crippen MR) is 114 cm³/mol. The topological polar surface area (TPSA) is 63.7 Å². The summed E-state index contributed by atoms with van der Waals surface area (Å²) in [5.41, 5.74) is 1.50. The summed E-state index contributed by atoms with van der Waals surface area (Å²) in [7, 11) is -1.57. The van der Waals surface area contributed by atoms with Gasteiger partial charge < -0.3 is 9.64 Å². The summed E-state index contributed by atoms with van der Waals surface area (Å²) < 4.78 is 29.5. The molecule has 0 saturated carbocycles. The van der Waals surface area contributed by atoms with Crippen LogP contribution in [0.1, 0.15) is 22.3 Å². The first-order chi connectivity index (χ1) is 14.0. The summed E-state index contributed by atoms with van der Waals surface area (Å²) in [5.74, 6) is 0.543. The molecule has 1 amide bonds. The first kappa shape index (κ1) is 19.5. The van der Waals surface area contributed by atoms with E-state index < -0.39 is 9.84 Å². The first-order valence-electron chi connectivity index (χ1n) is 9.59. The molecule has 1 aliphatic rings. The molecule has 29 heavy (non-hydrogen) atoms. The van der Waals surface area contributed by atoms with E-state index in [0.717, 1.165) is 16.3 Å². The number of rotatable bonds is 5. The number of methoxy groups -OCH3 is 1. The second-order valence-electron chi connectivity index (χ2n) is 7.36. The van der Waals surface area contributed by atoms with Gasteiger partial charge in [-0.3, -0.25) is 4.79 Å². The van der Waals surface area contributed by atoms with Crippen molar-refractivity contribution in [3.63, 3.8) is 0 Å². The Balaban J connectivity index is 1.73. The molecular formula is C23H23NO4S. The molecule has 1 saturated heterocycles. The molecule has 3 aromatic rings. The molecule has 3 aromatic carbocycles. The average Bonchev–Trinajstić information content (AvgIpc) is 3.11. The highest BCUT2D eigenvalue weighted by Crippen LogP contribution is 2.26. The fourth-order valence-corrected chi connectivity index (χ4v) is 5.65. The molecule has 1 fully saturated rings. The predicted octanol–water partition coefficient (Wildman–Crippen LogP) is 3.68. The molecule has 0 aromatic heterocycles. The van der Waals surface area contributed by atoms with Crippen LogP contribution in [0, 0.1) is 0 Å². The number of hydrogen-bond acceptors (Lipinski definition) is 4. The lowest BCUT2D eigenvalue weighted by atomic mass is 10.0. The molecule has 1 aliphatic heterocycles. The van der Waals surface area contributed by atoms with Gasteiger partial charge in [-0.05, 0) is 41.0 Å². The Kier molecular flexibility index (Phi) is 5.28. The summed E-state index contributed by atoms with van der Waals surface area (Å²) in [5, 5.41) is 2.16. The van der Waals surface area contributed by atoms with Gasteiger partial charge in [0.15, 0.2) is 9.84 Å². The van der Waals surface area contributed by atoms with E-state index in [-0.39, 0.29) is 23.5 Å². The third kappa shape index (κ3) is 4.12. The SMILES string of the molecule is COc1cccc(C(=O)N(Cc2cccc3ccccc23)C2CCS(=O)(=O)C2)c1. The minimum Gasteiger partial charge on any atom is -0.497 e. The average molecular weight is 410 g/mol. The highest BCUT2D eigenvalue weighted by atomic mass is 32.2. The van der Waals surface area contributed by atoms with Crippen molar-refractivity contribution >= 4 is 26.5 Å². The number of nitrogens with zero attached hydrogens (tertiary/aromatic N) is 1. The third-order valence-corrected chi connectivity index (χ3v) is 7.20. The van der Waals surface area contributed by atoms with E-state index in [1.165, 1.54) is 0 Å². The van der Waals surface area contributed by atoms with Crippen molar-refractivity contribution in [2.75, 3.05) is 18.6 Å². The van der Waals surface area contributed by atoms with Crippen molar-refractivity contribution in [2.45, 2.75) is 19.0 Å². The van der Waals surface area contributed by atoms with Gasteiger partial charge in [-0.15, -0.1) is 0 Å². The number of carbonyl (C=O) groups excluding carboxylic acids is 1. The molecule has 0 bridgehead atoms. The van der Waals surface area contributed by atoms with E-state index in [0.29, 0.717) is 24.3 Å². The van der Waals surface area contributed by atoms with Crippen LogP contribution >= 0.6 is 0 Å². The van der Waals surface area contributed by atoms with Gasteiger partial charge in [-0.1, -0.05) is 48.5 Å². The molecule has 0 spiro atoms. The van der Waals surface area contributed by atoms with Crippen LogP contribution < -0.4 is 4.74 Å². The summed E-state index contributed by atoms with van der Waals surface area (Å²) in [6, 6.07) is 20.7. The minimum absolute atomic E-state index is 0.00742.